The Morgan fingerprint density at radius 2 is 2.00 bits per heavy atom. The highest BCUT2D eigenvalue weighted by Crippen LogP contribution is 2.29. The van der Waals surface area contributed by atoms with E-state index in [9.17, 15) is 8.78 Å². The summed E-state index contributed by atoms with van der Waals surface area (Å²) in [6, 6.07) is 6.48. The second kappa shape index (κ2) is 8.59. The van der Waals surface area contributed by atoms with Crippen molar-refractivity contribution >= 4 is 17.6 Å². The maximum atomic E-state index is 13.9. The Kier molecular flexibility index (Phi) is 5.93. The van der Waals surface area contributed by atoms with Gasteiger partial charge in [0.25, 0.3) is 0 Å². The summed E-state index contributed by atoms with van der Waals surface area (Å²) < 4.78 is 38.0. The average Bonchev–Trinajstić information content (AvgIpc) is 2.69. The topological polar surface area (TPSA) is 50.7 Å². The number of hydrogen-bond donors (Lipinski definition) is 0. The van der Waals surface area contributed by atoms with Crippen LogP contribution in [0.1, 0.15) is 5.56 Å². The smallest absolute Gasteiger partial charge is 0.219 e. The molecule has 9 heteroatoms. The van der Waals surface area contributed by atoms with E-state index in [1.54, 1.807) is 13.2 Å². The Morgan fingerprint density at radius 3 is 2.75 bits per heavy atom. The molecule has 28 heavy (non-hydrogen) atoms. The molecule has 0 amide bonds. The fourth-order valence-corrected chi connectivity index (χ4v) is 4.16. The third-order valence-electron chi connectivity index (χ3n) is 5.01. The van der Waals surface area contributed by atoms with Gasteiger partial charge >= 0.3 is 0 Å². The first-order chi connectivity index (χ1) is 13.6. The first-order valence-electron chi connectivity index (χ1n) is 9.19. The minimum Gasteiger partial charge on any atom is -0.481 e. The number of rotatable bonds is 6. The average molecular weight is 408 g/mol. The standard InChI is InChI=1S/C19H22F2N4O2S/c1-26-17-9-16(25-10-14(11-25)24-5-7-27-8-6-24)22-19(23-17)28-12-13-3-2-4-15(20)18(13)21/h2-4,9,14H,5-8,10-12H2,1H3. The molecule has 1 aromatic heterocycles. The molecule has 0 bridgehead atoms. The van der Waals surface area contributed by atoms with Gasteiger partial charge in [0.15, 0.2) is 16.8 Å². The van der Waals surface area contributed by atoms with Gasteiger partial charge in [0, 0.05) is 49.6 Å². The lowest BCUT2D eigenvalue weighted by molar-refractivity contribution is 0.0104. The van der Waals surface area contributed by atoms with Crippen LogP contribution < -0.4 is 9.64 Å². The van der Waals surface area contributed by atoms with Gasteiger partial charge in [-0.3, -0.25) is 4.90 Å². The predicted molar refractivity (Wildman–Crippen MR) is 103 cm³/mol. The molecule has 2 aliphatic rings. The van der Waals surface area contributed by atoms with Crippen molar-refractivity contribution in [1.82, 2.24) is 14.9 Å². The molecule has 2 aromatic rings. The first kappa shape index (κ1) is 19.4. The van der Waals surface area contributed by atoms with Crippen LogP contribution in [-0.2, 0) is 10.5 Å². The van der Waals surface area contributed by atoms with Crippen molar-refractivity contribution < 1.29 is 18.3 Å². The SMILES string of the molecule is COc1cc(N2CC(N3CCOCC3)C2)nc(SCc2cccc(F)c2F)n1. The van der Waals surface area contributed by atoms with Crippen LogP contribution in [0.2, 0.25) is 0 Å². The number of thioether (sulfide) groups is 1. The largest absolute Gasteiger partial charge is 0.481 e. The maximum Gasteiger partial charge on any atom is 0.219 e. The predicted octanol–water partition coefficient (Wildman–Crippen LogP) is 2.58. The van der Waals surface area contributed by atoms with Crippen LogP contribution in [0.25, 0.3) is 0 Å². The minimum absolute atomic E-state index is 0.243. The molecule has 3 heterocycles. The van der Waals surface area contributed by atoms with Crippen LogP contribution in [0.15, 0.2) is 29.4 Å². The second-order valence-corrected chi connectivity index (χ2v) is 7.70. The van der Waals surface area contributed by atoms with E-state index in [4.69, 9.17) is 9.47 Å². The monoisotopic (exact) mass is 408 g/mol. The lowest BCUT2D eigenvalue weighted by atomic mass is 10.1. The molecule has 0 unspecified atom stereocenters. The van der Waals surface area contributed by atoms with Gasteiger partial charge in [-0.05, 0) is 6.07 Å². The molecule has 0 saturated carbocycles. The van der Waals surface area contributed by atoms with Crippen molar-refractivity contribution in [2.45, 2.75) is 17.0 Å². The second-order valence-electron chi connectivity index (χ2n) is 6.76. The fraction of sp³-hybridized carbons (Fsp3) is 0.474. The van der Waals surface area contributed by atoms with E-state index in [0.29, 0.717) is 17.1 Å². The Hall–Kier alpha value is -1.97. The normalized spacial score (nSPS) is 18.2. The van der Waals surface area contributed by atoms with Gasteiger partial charge in [-0.25, -0.2) is 13.8 Å². The van der Waals surface area contributed by atoms with Gasteiger partial charge in [0.05, 0.1) is 20.3 Å². The molecule has 150 valence electrons. The summed E-state index contributed by atoms with van der Waals surface area (Å²) in [4.78, 5) is 13.5. The molecule has 0 aliphatic carbocycles. The number of methoxy groups -OCH3 is 1. The minimum atomic E-state index is -0.847. The van der Waals surface area contributed by atoms with E-state index in [0.717, 1.165) is 51.3 Å². The van der Waals surface area contributed by atoms with Gasteiger partial charge < -0.3 is 14.4 Å². The molecular weight excluding hydrogens is 386 g/mol. The Labute approximate surface area is 166 Å². The van der Waals surface area contributed by atoms with Crippen LogP contribution in [0.5, 0.6) is 5.88 Å². The summed E-state index contributed by atoms with van der Waals surface area (Å²) in [7, 11) is 1.56. The number of aromatic nitrogens is 2. The van der Waals surface area contributed by atoms with E-state index < -0.39 is 11.6 Å². The van der Waals surface area contributed by atoms with E-state index in [2.05, 4.69) is 19.8 Å². The molecule has 1 aromatic carbocycles. The lowest BCUT2D eigenvalue weighted by Crippen LogP contribution is -2.61. The molecule has 0 N–H and O–H groups in total. The maximum absolute atomic E-state index is 13.9. The highest BCUT2D eigenvalue weighted by atomic mass is 32.2. The number of anilines is 1. The van der Waals surface area contributed by atoms with E-state index in [1.165, 1.54) is 17.8 Å². The highest BCUT2D eigenvalue weighted by Gasteiger charge is 2.33. The Balaban J connectivity index is 1.42. The Morgan fingerprint density at radius 1 is 1.21 bits per heavy atom. The number of morpholine rings is 1. The van der Waals surface area contributed by atoms with Crippen LogP contribution in [0, 0.1) is 11.6 Å². The van der Waals surface area contributed by atoms with Crippen molar-refractivity contribution in [1.29, 1.82) is 0 Å². The van der Waals surface area contributed by atoms with Crippen LogP contribution >= 0.6 is 11.8 Å². The molecule has 2 fully saturated rings. The third kappa shape index (κ3) is 4.21. The van der Waals surface area contributed by atoms with Crippen LogP contribution in [0.3, 0.4) is 0 Å². The van der Waals surface area contributed by atoms with Gasteiger partial charge in [-0.15, -0.1) is 0 Å². The summed E-state index contributed by atoms with van der Waals surface area (Å²) in [6.07, 6.45) is 0. The van der Waals surface area contributed by atoms with Gasteiger partial charge in [0.1, 0.15) is 5.82 Å². The van der Waals surface area contributed by atoms with E-state index >= 15 is 0 Å². The first-order valence-corrected chi connectivity index (χ1v) is 10.2. The summed E-state index contributed by atoms with van der Waals surface area (Å²) in [6.45, 7) is 5.29. The Bertz CT molecular complexity index is 830. The molecule has 0 spiro atoms. The summed E-state index contributed by atoms with van der Waals surface area (Å²) >= 11 is 1.26. The summed E-state index contributed by atoms with van der Waals surface area (Å²) in [5.74, 6) is -0.179. The molecule has 2 aliphatic heterocycles. The molecule has 2 saturated heterocycles. The van der Waals surface area contributed by atoms with Gasteiger partial charge in [-0.1, -0.05) is 23.9 Å². The van der Waals surface area contributed by atoms with Crippen molar-refractivity contribution in [3.8, 4) is 5.88 Å². The quantitative estimate of drug-likeness (QED) is 0.538. The van der Waals surface area contributed by atoms with Crippen molar-refractivity contribution in [2.24, 2.45) is 0 Å². The van der Waals surface area contributed by atoms with Crippen molar-refractivity contribution in [3.63, 3.8) is 0 Å². The lowest BCUT2D eigenvalue weighted by Gasteiger charge is -2.47. The van der Waals surface area contributed by atoms with Crippen LogP contribution in [0.4, 0.5) is 14.6 Å². The number of halogens is 2. The van der Waals surface area contributed by atoms with Crippen molar-refractivity contribution in [2.75, 3.05) is 51.4 Å². The molecular formula is C19H22F2N4O2S. The molecule has 6 nitrogen and oxygen atoms in total. The zero-order chi connectivity index (χ0) is 19.5. The van der Waals surface area contributed by atoms with Gasteiger partial charge in [0.2, 0.25) is 5.88 Å². The number of benzene rings is 1. The van der Waals surface area contributed by atoms with E-state index in [-0.39, 0.29) is 11.3 Å². The zero-order valence-electron chi connectivity index (χ0n) is 15.6. The van der Waals surface area contributed by atoms with E-state index in [1.807, 2.05) is 6.07 Å². The zero-order valence-corrected chi connectivity index (χ0v) is 16.4. The summed E-state index contributed by atoms with van der Waals surface area (Å²) in [5, 5.41) is 0.479. The van der Waals surface area contributed by atoms with Gasteiger partial charge in [-0.2, -0.15) is 4.98 Å². The summed E-state index contributed by atoms with van der Waals surface area (Å²) in [5.41, 5.74) is 0.286. The molecule has 4 rings (SSSR count). The fourth-order valence-electron chi connectivity index (χ4n) is 3.34. The number of ether oxygens (including phenoxy) is 2. The highest BCUT2D eigenvalue weighted by molar-refractivity contribution is 7.98. The van der Waals surface area contributed by atoms with Crippen LogP contribution in [-0.4, -0.2) is 67.4 Å². The number of nitrogens with zero attached hydrogens (tertiary/aromatic N) is 4. The number of hydrogen-bond acceptors (Lipinski definition) is 7. The third-order valence-corrected chi connectivity index (χ3v) is 5.91. The van der Waals surface area contributed by atoms with Crippen molar-refractivity contribution in [3.05, 3.63) is 41.5 Å². The molecule has 0 radical (unpaired) electrons. The molecule has 0 atom stereocenters.